The molecule has 4 aromatic rings. The molecule has 2 amide bonds. The molecule has 2 heterocycles. The standard InChI is InChI=1S/C26H25ClN6O4S2/c1-33-22(13-28-23(34)11-5-16-4-10-20(36-2)21(12-16)37-3)31-32-26(33)39-15-24(35)30-25-29-19(14-38-25)17-6-8-18(27)9-7-17/h4-12,14H,13,15H2,1-3H3,(H,28,34)(H,29,30,35)/b11-5+. The van der Waals surface area contributed by atoms with Crippen molar-refractivity contribution in [3.05, 3.63) is 70.3 Å². The Labute approximate surface area is 238 Å². The zero-order valence-corrected chi connectivity index (χ0v) is 23.7. The van der Waals surface area contributed by atoms with Crippen LogP contribution in [0.1, 0.15) is 11.4 Å². The predicted octanol–water partition coefficient (Wildman–Crippen LogP) is 4.67. The lowest BCUT2D eigenvalue weighted by Crippen LogP contribution is -2.22. The van der Waals surface area contributed by atoms with E-state index in [0.717, 1.165) is 16.8 Å². The molecule has 0 unspecified atom stereocenters. The van der Waals surface area contributed by atoms with Crippen LogP contribution in [0.15, 0.2) is 59.1 Å². The molecule has 0 spiro atoms. The van der Waals surface area contributed by atoms with Gasteiger partial charge in [0.2, 0.25) is 11.8 Å². The van der Waals surface area contributed by atoms with Gasteiger partial charge in [0.1, 0.15) is 0 Å². The van der Waals surface area contributed by atoms with Crippen molar-refractivity contribution in [1.82, 2.24) is 25.1 Å². The first kappa shape index (κ1) is 28.1. The Morgan fingerprint density at radius 3 is 2.62 bits per heavy atom. The van der Waals surface area contributed by atoms with Crippen LogP contribution >= 0.6 is 34.7 Å². The average molecular weight is 585 g/mol. The molecule has 0 atom stereocenters. The van der Waals surface area contributed by atoms with E-state index in [4.69, 9.17) is 21.1 Å². The van der Waals surface area contributed by atoms with E-state index in [-0.39, 0.29) is 24.1 Å². The van der Waals surface area contributed by atoms with Crippen LogP contribution in [0.5, 0.6) is 11.5 Å². The van der Waals surface area contributed by atoms with Gasteiger partial charge in [0, 0.05) is 29.1 Å². The van der Waals surface area contributed by atoms with E-state index in [0.29, 0.717) is 32.6 Å². The number of ether oxygens (including phenoxy) is 2. The smallest absolute Gasteiger partial charge is 0.244 e. The first-order chi connectivity index (χ1) is 18.9. The molecule has 0 saturated carbocycles. The molecule has 0 bridgehead atoms. The van der Waals surface area contributed by atoms with Crippen molar-refractivity contribution in [2.75, 3.05) is 25.3 Å². The summed E-state index contributed by atoms with van der Waals surface area (Å²) in [7, 11) is 4.89. The molecule has 10 nitrogen and oxygen atoms in total. The summed E-state index contributed by atoms with van der Waals surface area (Å²) in [5.74, 6) is 1.37. The van der Waals surface area contributed by atoms with Gasteiger partial charge in [0.15, 0.2) is 27.6 Å². The molecule has 2 N–H and O–H groups in total. The zero-order chi connectivity index (χ0) is 27.8. The van der Waals surface area contributed by atoms with E-state index in [1.165, 1.54) is 29.2 Å². The van der Waals surface area contributed by atoms with Crippen molar-refractivity contribution < 1.29 is 19.1 Å². The number of carbonyl (C=O) groups is 2. The molecule has 2 aromatic carbocycles. The normalized spacial score (nSPS) is 11.0. The Bertz CT molecular complexity index is 1490. The summed E-state index contributed by atoms with van der Waals surface area (Å²) in [4.78, 5) is 29.2. The lowest BCUT2D eigenvalue weighted by Gasteiger charge is -2.07. The second kappa shape index (κ2) is 13.3. The molecule has 0 aliphatic heterocycles. The molecule has 39 heavy (non-hydrogen) atoms. The highest BCUT2D eigenvalue weighted by molar-refractivity contribution is 7.99. The number of anilines is 1. The second-order valence-electron chi connectivity index (χ2n) is 8.01. The van der Waals surface area contributed by atoms with Crippen molar-refractivity contribution in [3.8, 4) is 22.8 Å². The van der Waals surface area contributed by atoms with Crippen LogP contribution in [0.2, 0.25) is 5.02 Å². The fraction of sp³-hybridized carbons (Fsp3) is 0.192. The van der Waals surface area contributed by atoms with Crippen molar-refractivity contribution in [3.63, 3.8) is 0 Å². The molecule has 0 saturated heterocycles. The number of hydrogen-bond acceptors (Lipinski definition) is 9. The minimum atomic E-state index is -0.289. The number of thiazole rings is 1. The van der Waals surface area contributed by atoms with Gasteiger partial charge < -0.3 is 24.7 Å². The summed E-state index contributed by atoms with van der Waals surface area (Å²) < 4.78 is 12.2. The molecule has 4 rings (SSSR count). The number of amides is 2. The quantitative estimate of drug-likeness (QED) is 0.193. The zero-order valence-electron chi connectivity index (χ0n) is 21.3. The highest BCUT2D eigenvalue weighted by atomic mass is 35.5. The van der Waals surface area contributed by atoms with E-state index in [2.05, 4.69) is 25.8 Å². The van der Waals surface area contributed by atoms with E-state index in [1.54, 1.807) is 56.2 Å². The molecule has 0 fully saturated rings. The Morgan fingerprint density at radius 2 is 1.87 bits per heavy atom. The summed E-state index contributed by atoms with van der Waals surface area (Å²) in [5.41, 5.74) is 2.47. The number of methoxy groups -OCH3 is 2. The summed E-state index contributed by atoms with van der Waals surface area (Å²) in [6.07, 6.45) is 3.10. The number of rotatable bonds is 11. The van der Waals surface area contributed by atoms with Gasteiger partial charge in [-0.15, -0.1) is 21.5 Å². The molecule has 13 heteroatoms. The molecular formula is C26H25ClN6O4S2. The predicted molar refractivity (Wildman–Crippen MR) is 153 cm³/mol. The van der Waals surface area contributed by atoms with Crippen molar-refractivity contribution in [2.24, 2.45) is 7.05 Å². The SMILES string of the molecule is COc1ccc(/C=C/C(=O)NCc2nnc(SCC(=O)Nc3nc(-c4ccc(Cl)cc4)cs3)n2C)cc1OC. The number of aromatic nitrogens is 4. The molecule has 0 radical (unpaired) electrons. The van der Waals surface area contributed by atoms with Crippen LogP contribution in [0, 0.1) is 0 Å². The second-order valence-corrected chi connectivity index (χ2v) is 10.2. The number of thioether (sulfide) groups is 1. The summed E-state index contributed by atoms with van der Waals surface area (Å²) >= 11 is 8.52. The highest BCUT2D eigenvalue weighted by Crippen LogP contribution is 2.28. The largest absolute Gasteiger partial charge is 0.493 e. The molecule has 2 aromatic heterocycles. The number of hydrogen-bond donors (Lipinski definition) is 2. The summed E-state index contributed by atoms with van der Waals surface area (Å²) in [5, 5.41) is 17.4. The van der Waals surface area contributed by atoms with Gasteiger partial charge in [-0.05, 0) is 35.9 Å². The highest BCUT2D eigenvalue weighted by Gasteiger charge is 2.14. The fourth-order valence-electron chi connectivity index (χ4n) is 3.35. The first-order valence-electron chi connectivity index (χ1n) is 11.6. The third-order valence-electron chi connectivity index (χ3n) is 5.40. The van der Waals surface area contributed by atoms with E-state index in [9.17, 15) is 9.59 Å². The monoisotopic (exact) mass is 584 g/mol. The lowest BCUT2D eigenvalue weighted by atomic mass is 10.2. The van der Waals surface area contributed by atoms with Gasteiger partial charge in [0.25, 0.3) is 0 Å². The van der Waals surface area contributed by atoms with Crippen LogP contribution in [0.4, 0.5) is 5.13 Å². The number of nitrogens with one attached hydrogen (secondary N) is 2. The van der Waals surface area contributed by atoms with Crippen molar-refractivity contribution >= 4 is 57.7 Å². The molecule has 202 valence electrons. The average Bonchev–Trinajstić information content (AvgIpc) is 3.55. The topological polar surface area (TPSA) is 120 Å². The Morgan fingerprint density at radius 1 is 1.10 bits per heavy atom. The van der Waals surface area contributed by atoms with Gasteiger partial charge in [-0.25, -0.2) is 4.98 Å². The van der Waals surface area contributed by atoms with Crippen LogP contribution < -0.4 is 20.1 Å². The molecular weight excluding hydrogens is 560 g/mol. The third kappa shape index (κ3) is 7.59. The maximum Gasteiger partial charge on any atom is 0.244 e. The molecule has 0 aliphatic rings. The number of halogens is 1. The van der Waals surface area contributed by atoms with Crippen LogP contribution in [0.3, 0.4) is 0 Å². The minimum Gasteiger partial charge on any atom is -0.493 e. The number of carbonyl (C=O) groups excluding carboxylic acids is 2. The van der Waals surface area contributed by atoms with Crippen LogP contribution in [-0.2, 0) is 23.2 Å². The number of nitrogens with zero attached hydrogens (tertiary/aromatic N) is 4. The Kier molecular flexibility index (Phi) is 9.58. The van der Waals surface area contributed by atoms with Gasteiger partial charge in [-0.1, -0.05) is 41.6 Å². The molecule has 0 aliphatic carbocycles. The van der Waals surface area contributed by atoms with Crippen LogP contribution in [-0.4, -0.2) is 51.5 Å². The van der Waals surface area contributed by atoms with Gasteiger partial charge in [-0.2, -0.15) is 0 Å². The minimum absolute atomic E-state index is 0.127. The first-order valence-corrected chi connectivity index (χ1v) is 13.8. The van der Waals surface area contributed by atoms with Crippen molar-refractivity contribution in [1.29, 1.82) is 0 Å². The van der Waals surface area contributed by atoms with E-state index in [1.807, 2.05) is 23.6 Å². The summed E-state index contributed by atoms with van der Waals surface area (Å²) in [6.45, 7) is 0.179. The Hall–Kier alpha value is -3.87. The third-order valence-corrected chi connectivity index (χ3v) is 7.43. The van der Waals surface area contributed by atoms with Gasteiger partial charge in [0.05, 0.1) is 32.2 Å². The van der Waals surface area contributed by atoms with Crippen molar-refractivity contribution in [2.45, 2.75) is 11.7 Å². The Balaban J connectivity index is 1.25. The fourth-order valence-corrected chi connectivity index (χ4v) is 4.94. The number of benzene rings is 2. The van der Waals surface area contributed by atoms with E-state index >= 15 is 0 Å². The maximum absolute atomic E-state index is 12.5. The lowest BCUT2D eigenvalue weighted by molar-refractivity contribution is -0.116. The van der Waals surface area contributed by atoms with Crippen LogP contribution in [0.25, 0.3) is 17.3 Å². The van der Waals surface area contributed by atoms with Gasteiger partial charge in [-0.3, -0.25) is 9.59 Å². The maximum atomic E-state index is 12.5. The van der Waals surface area contributed by atoms with Gasteiger partial charge >= 0.3 is 0 Å². The summed E-state index contributed by atoms with van der Waals surface area (Å²) in [6, 6.07) is 12.7. The van der Waals surface area contributed by atoms with E-state index < -0.39 is 0 Å².